The zero-order valence-electron chi connectivity index (χ0n) is 7.56. The Hall–Kier alpha value is -0.0800. The van der Waals surface area contributed by atoms with Gasteiger partial charge >= 0.3 is 0 Å². The molecule has 1 saturated heterocycles. The zero-order valence-corrected chi connectivity index (χ0v) is 7.56. The Labute approximate surface area is 69.0 Å². The molecular weight excluding hydrogens is 138 g/mol. The van der Waals surface area contributed by atoms with E-state index in [9.17, 15) is 5.11 Å². The van der Waals surface area contributed by atoms with E-state index >= 15 is 0 Å². The fourth-order valence-corrected chi connectivity index (χ4v) is 1.73. The van der Waals surface area contributed by atoms with Gasteiger partial charge in [0, 0.05) is 0 Å². The van der Waals surface area contributed by atoms with Gasteiger partial charge in [0.05, 0.1) is 5.60 Å². The average Bonchev–Trinajstić information content (AvgIpc) is 2.10. The molecule has 2 nitrogen and oxygen atoms in total. The molecule has 1 heterocycles. The first-order valence-electron chi connectivity index (χ1n) is 4.54. The summed E-state index contributed by atoms with van der Waals surface area (Å²) in [5.74, 6) is 0.484. The Morgan fingerprint density at radius 2 is 2.00 bits per heavy atom. The molecule has 0 radical (unpaired) electrons. The van der Waals surface area contributed by atoms with Crippen LogP contribution in [0.5, 0.6) is 0 Å². The van der Waals surface area contributed by atoms with Crippen LogP contribution in [0.4, 0.5) is 0 Å². The number of aliphatic hydroxyl groups is 1. The summed E-state index contributed by atoms with van der Waals surface area (Å²) in [5.41, 5.74) is -0.480. The normalized spacial score (nSPS) is 28.1. The summed E-state index contributed by atoms with van der Waals surface area (Å²) in [6.45, 7) is 6.02. The number of rotatable bonds is 1. The van der Waals surface area contributed by atoms with Crippen LogP contribution < -0.4 is 5.32 Å². The van der Waals surface area contributed by atoms with Gasteiger partial charge in [0.1, 0.15) is 0 Å². The van der Waals surface area contributed by atoms with E-state index in [0.717, 1.165) is 25.9 Å². The van der Waals surface area contributed by atoms with E-state index in [2.05, 4.69) is 5.32 Å². The van der Waals surface area contributed by atoms with E-state index < -0.39 is 5.60 Å². The van der Waals surface area contributed by atoms with E-state index in [-0.39, 0.29) is 0 Å². The molecule has 0 aromatic rings. The van der Waals surface area contributed by atoms with Crippen molar-refractivity contribution < 1.29 is 5.11 Å². The molecule has 0 amide bonds. The van der Waals surface area contributed by atoms with E-state index in [1.165, 1.54) is 6.42 Å². The summed E-state index contributed by atoms with van der Waals surface area (Å²) in [6.07, 6.45) is 3.48. The van der Waals surface area contributed by atoms with Crippen LogP contribution in [0.2, 0.25) is 0 Å². The third-order valence-electron chi connectivity index (χ3n) is 2.57. The van der Waals surface area contributed by atoms with Crippen molar-refractivity contribution in [3.05, 3.63) is 0 Å². The van der Waals surface area contributed by atoms with Gasteiger partial charge in [-0.05, 0) is 52.1 Å². The van der Waals surface area contributed by atoms with Crippen LogP contribution in [0.15, 0.2) is 0 Å². The topological polar surface area (TPSA) is 32.3 Å². The van der Waals surface area contributed by atoms with Crippen LogP contribution in [0.25, 0.3) is 0 Å². The molecule has 0 saturated carbocycles. The minimum atomic E-state index is -0.480. The molecule has 11 heavy (non-hydrogen) atoms. The molecule has 1 unspecified atom stereocenters. The largest absolute Gasteiger partial charge is 0.390 e. The van der Waals surface area contributed by atoms with Crippen molar-refractivity contribution in [1.82, 2.24) is 5.32 Å². The third-order valence-corrected chi connectivity index (χ3v) is 2.57. The number of hydrogen-bond acceptors (Lipinski definition) is 2. The highest BCUT2D eigenvalue weighted by molar-refractivity contribution is 4.79. The van der Waals surface area contributed by atoms with Gasteiger partial charge in [-0.15, -0.1) is 0 Å². The van der Waals surface area contributed by atoms with Gasteiger partial charge in [-0.3, -0.25) is 0 Å². The number of hydrogen-bond donors (Lipinski definition) is 2. The van der Waals surface area contributed by atoms with E-state index in [1.807, 2.05) is 13.8 Å². The lowest BCUT2D eigenvalue weighted by atomic mass is 9.85. The lowest BCUT2D eigenvalue weighted by molar-refractivity contribution is 0.0118. The SMILES string of the molecule is CC(C)(O)C1CCCNCC1. The number of nitrogens with one attached hydrogen (secondary N) is 1. The Morgan fingerprint density at radius 1 is 1.27 bits per heavy atom. The van der Waals surface area contributed by atoms with Crippen molar-refractivity contribution in [3.8, 4) is 0 Å². The summed E-state index contributed by atoms with van der Waals surface area (Å²) >= 11 is 0. The molecule has 1 aliphatic heterocycles. The van der Waals surface area contributed by atoms with E-state index in [1.54, 1.807) is 0 Å². The highest BCUT2D eigenvalue weighted by Gasteiger charge is 2.26. The first-order chi connectivity index (χ1) is 5.11. The lowest BCUT2D eigenvalue weighted by Crippen LogP contribution is -2.31. The van der Waals surface area contributed by atoms with Crippen molar-refractivity contribution >= 4 is 0 Å². The van der Waals surface area contributed by atoms with Crippen molar-refractivity contribution in [2.45, 2.75) is 38.7 Å². The van der Waals surface area contributed by atoms with Gasteiger partial charge in [0.15, 0.2) is 0 Å². The van der Waals surface area contributed by atoms with Crippen molar-refractivity contribution in [3.63, 3.8) is 0 Å². The first kappa shape index (κ1) is 9.01. The standard InChI is InChI=1S/C9H19NO/c1-9(2,11)8-4-3-6-10-7-5-8/h8,10-11H,3-7H2,1-2H3. The van der Waals surface area contributed by atoms with E-state index in [4.69, 9.17) is 0 Å². The maximum Gasteiger partial charge on any atom is 0.0620 e. The van der Waals surface area contributed by atoms with Crippen LogP contribution >= 0.6 is 0 Å². The summed E-state index contributed by atoms with van der Waals surface area (Å²) < 4.78 is 0. The van der Waals surface area contributed by atoms with E-state index in [0.29, 0.717) is 5.92 Å². The highest BCUT2D eigenvalue weighted by Crippen LogP contribution is 2.25. The first-order valence-corrected chi connectivity index (χ1v) is 4.54. The molecule has 66 valence electrons. The van der Waals surface area contributed by atoms with Gasteiger partial charge in [0.25, 0.3) is 0 Å². The smallest absolute Gasteiger partial charge is 0.0620 e. The van der Waals surface area contributed by atoms with Crippen LogP contribution in [0.1, 0.15) is 33.1 Å². The van der Waals surface area contributed by atoms with Crippen molar-refractivity contribution in [1.29, 1.82) is 0 Å². The van der Waals surface area contributed by atoms with Crippen molar-refractivity contribution in [2.24, 2.45) is 5.92 Å². The second kappa shape index (κ2) is 3.55. The Morgan fingerprint density at radius 3 is 2.64 bits per heavy atom. The molecule has 0 aliphatic carbocycles. The second-order valence-electron chi connectivity index (χ2n) is 4.03. The minimum absolute atomic E-state index is 0.480. The highest BCUT2D eigenvalue weighted by atomic mass is 16.3. The molecular formula is C9H19NO. The van der Waals surface area contributed by atoms with Crippen LogP contribution in [-0.4, -0.2) is 23.8 Å². The van der Waals surface area contributed by atoms with Crippen LogP contribution in [-0.2, 0) is 0 Å². The maximum atomic E-state index is 9.74. The molecule has 0 spiro atoms. The summed E-state index contributed by atoms with van der Waals surface area (Å²) in [7, 11) is 0. The molecule has 1 rings (SSSR count). The van der Waals surface area contributed by atoms with Gasteiger partial charge in [-0.25, -0.2) is 0 Å². The second-order valence-corrected chi connectivity index (χ2v) is 4.03. The fourth-order valence-electron chi connectivity index (χ4n) is 1.73. The van der Waals surface area contributed by atoms with Gasteiger partial charge in [-0.2, -0.15) is 0 Å². The predicted molar refractivity (Wildman–Crippen MR) is 46.5 cm³/mol. The van der Waals surface area contributed by atoms with Gasteiger partial charge < -0.3 is 10.4 Å². The zero-order chi connectivity index (χ0) is 8.32. The molecule has 0 aromatic carbocycles. The summed E-state index contributed by atoms with van der Waals surface area (Å²) in [5, 5.41) is 13.1. The predicted octanol–water partition coefficient (Wildman–Crippen LogP) is 1.15. The lowest BCUT2D eigenvalue weighted by Gasteiger charge is -2.27. The maximum absolute atomic E-state index is 9.74. The fraction of sp³-hybridized carbons (Fsp3) is 1.00. The van der Waals surface area contributed by atoms with Gasteiger partial charge in [0.2, 0.25) is 0 Å². The molecule has 2 heteroatoms. The summed E-state index contributed by atoms with van der Waals surface area (Å²) in [4.78, 5) is 0. The minimum Gasteiger partial charge on any atom is -0.390 e. The molecule has 0 aromatic heterocycles. The average molecular weight is 157 g/mol. The monoisotopic (exact) mass is 157 g/mol. The quantitative estimate of drug-likeness (QED) is 0.598. The Balaban J connectivity index is 2.43. The summed E-state index contributed by atoms with van der Waals surface area (Å²) in [6, 6.07) is 0. The molecule has 0 bridgehead atoms. The molecule has 1 aliphatic rings. The molecule has 1 fully saturated rings. The van der Waals surface area contributed by atoms with Crippen LogP contribution in [0.3, 0.4) is 0 Å². The van der Waals surface area contributed by atoms with Gasteiger partial charge in [-0.1, -0.05) is 0 Å². The Bertz CT molecular complexity index is 109. The Kier molecular flexibility index (Phi) is 2.90. The molecule has 2 N–H and O–H groups in total. The third kappa shape index (κ3) is 2.80. The molecule has 1 atom stereocenters. The van der Waals surface area contributed by atoms with Crippen molar-refractivity contribution in [2.75, 3.05) is 13.1 Å². The van der Waals surface area contributed by atoms with Crippen LogP contribution in [0, 0.1) is 5.92 Å².